The summed E-state index contributed by atoms with van der Waals surface area (Å²) in [6, 6.07) is 12.7. The van der Waals surface area contributed by atoms with Crippen LogP contribution < -0.4 is 5.32 Å². The highest BCUT2D eigenvalue weighted by atomic mass is 16.2. The van der Waals surface area contributed by atoms with E-state index in [1.165, 1.54) is 0 Å². The molecule has 2 aromatic rings. The lowest BCUT2D eigenvalue weighted by molar-refractivity contribution is -0.125. The van der Waals surface area contributed by atoms with E-state index in [0.717, 1.165) is 5.56 Å². The third kappa shape index (κ3) is 4.35. The SMILES string of the molecule is O=C(CC(=O)Nc1ccccc1)Cc1cccnc1. The van der Waals surface area contributed by atoms with E-state index in [-0.39, 0.29) is 24.5 Å². The Hall–Kier alpha value is -2.49. The van der Waals surface area contributed by atoms with Gasteiger partial charge in [-0.3, -0.25) is 14.6 Å². The molecule has 0 atom stereocenters. The first-order valence-corrected chi connectivity index (χ1v) is 5.99. The number of nitrogens with zero attached hydrogens (tertiary/aromatic N) is 1. The minimum absolute atomic E-state index is 0.121. The maximum atomic E-state index is 11.7. The van der Waals surface area contributed by atoms with Gasteiger partial charge in [0.25, 0.3) is 0 Å². The van der Waals surface area contributed by atoms with Crippen molar-refractivity contribution in [3.63, 3.8) is 0 Å². The van der Waals surface area contributed by atoms with E-state index >= 15 is 0 Å². The van der Waals surface area contributed by atoms with Crippen molar-refractivity contribution in [2.75, 3.05) is 5.32 Å². The van der Waals surface area contributed by atoms with Crippen molar-refractivity contribution in [3.8, 4) is 0 Å². The second-order valence-corrected chi connectivity index (χ2v) is 4.17. The van der Waals surface area contributed by atoms with E-state index in [4.69, 9.17) is 0 Å². The summed E-state index contributed by atoms with van der Waals surface area (Å²) in [6.45, 7) is 0. The Morgan fingerprint density at radius 2 is 1.84 bits per heavy atom. The van der Waals surface area contributed by atoms with Crippen LogP contribution in [0.4, 0.5) is 5.69 Å². The van der Waals surface area contributed by atoms with Crippen LogP contribution in [0, 0.1) is 0 Å². The molecule has 1 heterocycles. The van der Waals surface area contributed by atoms with Crippen molar-refractivity contribution in [2.24, 2.45) is 0 Å². The molecule has 0 spiro atoms. The molecule has 0 aliphatic heterocycles. The Kier molecular flexibility index (Phi) is 4.39. The van der Waals surface area contributed by atoms with E-state index in [2.05, 4.69) is 10.3 Å². The number of hydrogen-bond acceptors (Lipinski definition) is 3. The number of Topliss-reactive ketones (excluding diaryl/α,β-unsaturated/α-hetero) is 1. The van der Waals surface area contributed by atoms with Crippen LogP contribution >= 0.6 is 0 Å². The van der Waals surface area contributed by atoms with E-state index in [9.17, 15) is 9.59 Å². The second kappa shape index (κ2) is 6.44. The molecule has 19 heavy (non-hydrogen) atoms. The molecule has 4 nitrogen and oxygen atoms in total. The van der Waals surface area contributed by atoms with Gasteiger partial charge in [-0.2, -0.15) is 0 Å². The monoisotopic (exact) mass is 254 g/mol. The average Bonchev–Trinajstić information content (AvgIpc) is 2.40. The summed E-state index contributed by atoms with van der Waals surface area (Å²) >= 11 is 0. The fourth-order valence-electron chi connectivity index (χ4n) is 1.70. The molecule has 96 valence electrons. The first-order chi connectivity index (χ1) is 9.24. The third-order valence-electron chi connectivity index (χ3n) is 2.54. The van der Waals surface area contributed by atoms with Gasteiger partial charge >= 0.3 is 0 Å². The molecule has 0 saturated heterocycles. The highest BCUT2D eigenvalue weighted by Crippen LogP contribution is 2.06. The summed E-state index contributed by atoms with van der Waals surface area (Å²) in [7, 11) is 0. The predicted octanol–water partition coefficient (Wildman–Crippen LogP) is 2.22. The third-order valence-corrected chi connectivity index (χ3v) is 2.54. The van der Waals surface area contributed by atoms with E-state index in [0.29, 0.717) is 5.69 Å². The lowest BCUT2D eigenvalue weighted by Crippen LogP contribution is -2.17. The number of benzene rings is 1. The highest BCUT2D eigenvalue weighted by molar-refractivity contribution is 6.04. The minimum atomic E-state index is -0.292. The molecule has 4 heteroatoms. The lowest BCUT2D eigenvalue weighted by atomic mass is 10.1. The van der Waals surface area contributed by atoms with E-state index < -0.39 is 0 Å². The van der Waals surface area contributed by atoms with Gasteiger partial charge in [-0.15, -0.1) is 0 Å². The first-order valence-electron chi connectivity index (χ1n) is 5.99. The van der Waals surface area contributed by atoms with Crippen LogP contribution in [0.25, 0.3) is 0 Å². The molecule has 0 fully saturated rings. The normalized spacial score (nSPS) is 9.89. The number of carbonyl (C=O) groups excluding carboxylic acids is 2. The molecule has 0 bridgehead atoms. The van der Waals surface area contributed by atoms with Gasteiger partial charge in [-0.05, 0) is 23.8 Å². The van der Waals surface area contributed by atoms with Crippen molar-refractivity contribution in [3.05, 3.63) is 60.4 Å². The van der Waals surface area contributed by atoms with Crippen LogP contribution in [0.5, 0.6) is 0 Å². The van der Waals surface area contributed by atoms with Gasteiger partial charge in [0.1, 0.15) is 5.78 Å². The fourth-order valence-corrected chi connectivity index (χ4v) is 1.70. The van der Waals surface area contributed by atoms with Crippen molar-refractivity contribution in [2.45, 2.75) is 12.8 Å². The molecule has 0 saturated carbocycles. The summed E-state index contributed by atoms with van der Waals surface area (Å²) in [4.78, 5) is 27.3. The molecule has 0 unspecified atom stereocenters. The summed E-state index contributed by atoms with van der Waals surface area (Å²) in [5.74, 6) is -0.415. The number of carbonyl (C=O) groups is 2. The van der Waals surface area contributed by atoms with Crippen molar-refractivity contribution in [1.29, 1.82) is 0 Å². The van der Waals surface area contributed by atoms with Gasteiger partial charge < -0.3 is 5.32 Å². The first kappa shape index (κ1) is 13.0. The molecule has 0 aliphatic rings. The largest absolute Gasteiger partial charge is 0.326 e. The van der Waals surface area contributed by atoms with Gasteiger partial charge in [0, 0.05) is 24.5 Å². The van der Waals surface area contributed by atoms with Gasteiger partial charge in [0.15, 0.2) is 0 Å². The van der Waals surface area contributed by atoms with Crippen LogP contribution in [-0.4, -0.2) is 16.7 Å². The van der Waals surface area contributed by atoms with E-state index in [1.807, 2.05) is 24.3 Å². The minimum Gasteiger partial charge on any atom is -0.326 e. The number of anilines is 1. The Labute approximate surface area is 111 Å². The lowest BCUT2D eigenvalue weighted by Gasteiger charge is -2.04. The molecule has 0 radical (unpaired) electrons. The molecule has 2 rings (SSSR count). The topological polar surface area (TPSA) is 59.1 Å². The molecule has 1 aromatic heterocycles. The van der Waals surface area contributed by atoms with E-state index in [1.54, 1.807) is 30.6 Å². The maximum absolute atomic E-state index is 11.7. The Balaban J connectivity index is 1.84. The Morgan fingerprint density at radius 3 is 2.53 bits per heavy atom. The van der Waals surface area contributed by atoms with Crippen LogP contribution in [0.2, 0.25) is 0 Å². The zero-order chi connectivity index (χ0) is 13.5. The van der Waals surface area contributed by atoms with Gasteiger partial charge in [-0.1, -0.05) is 24.3 Å². The summed E-state index contributed by atoms with van der Waals surface area (Å²) < 4.78 is 0. The fraction of sp³-hybridized carbons (Fsp3) is 0.133. The van der Waals surface area contributed by atoms with Crippen LogP contribution in [0.3, 0.4) is 0 Å². The zero-order valence-electron chi connectivity index (χ0n) is 10.4. The number of nitrogens with one attached hydrogen (secondary N) is 1. The zero-order valence-corrected chi connectivity index (χ0v) is 10.4. The molecular formula is C15H14N2O2. The average molecular weight is 254 g/mol. The number of hydrogen-bond donors (Lipinski definition) is 1. The van der Waals surface area contributed by atoms with Gasteiger partial charge in [0.05, 0.1) is 6.42 Å². The highest BCUT2D eigenvalue weighted by Gasteiger charge is 2.10. The number of pyridine rings is 1. The number of rotatable bonds is 5. The van der Waals surface area contributed by atoms with Crippen LogP contribution in [0.1, 0.15) is 12.0 Å². The number of aromatic nitrogens is 1. The smallest absolute Gasteiger partial charge is 0.231 e. The van der Waals surface area contributed by atoms with Gasteiger partial charge in [0.2, 0.25) is 5.91 Å². The molecule has 1 N–H and O–H groups in total. The van der Waals surface area contributed by atoms with Crippen molar-refractivity contribution in [1.82, 2.24) is 4.98 Å². The molecule has 0 aliphatic carbocycles. The summed E-state index contributed by atoms with van der Waals surface area (Å²) in [5.41, 5.74) is 1.52. The number of para-hydroxylation sites is 1. The standard InChI is InChI=1S/C15H14N2O2/c18-14(9-12-5-4-8-16-11-12)10-15(19)17-13-6-2-1-3-7-13/h1-8,11H,9-10H2,(H,17,19). The van der Waals surface area contributed by atoms with Crippen molar-refractivity contribution < 1.29 is 9.59 Å². The second-order valence-electron chi connectivity index (χ2n) is 4.17. The van der Waals surface area contributed by atoms with Gasteiger partial charge in [-0.25, -0.2) is 0 Å². The molecular weight excluding hydrogens is 240 g/mol. The number of amides is 1. The molecule has 1 aromatic carbocycles. The number of ketones is 1. The van der Waals surface area contributed by atoms with Crippen LogP contribution in [0.15, 0.2) is 54.9 Å². The summed E-state index contributed by atoms with van der Waals surface area (Å²) in [6.07, 6.45) is 3.39. The van der Waals surface area contributed by atoms with Crippen LogP contribution in [-0.2, 0) is 16.0 Å². The Morgan fingerprint density at radius 1 is 1.05 bits per heavy atom. The maximum Gasteiger partial charge on any atom is 0.231 e. The van der Waals surface area contributed by atoms with Crippen molar-refractivity contribution >= 4 is 17.4 Å². The Bertz CT molecular complexity index is 501. The predicted molar refractivity (Wildman–Crippen MR) is 72.6 cm³/mol. The summed E-state index contributed by atoms with van der Waals surface area (Å²) in [5, 5.41) is 2.68. The molecule has 1 amide bonds. The quantitative estimate of drug-likeness (QED) is 0.832.